The van der Waals surface area contributed by atoms with E-state index >= 15 is 0 Å². The zero-order chi connectivity index (χ0) is 15.9. The van der Waals surface area contributed by atoms with E-state index < -0.39 is 5.97 Å². The maximum atomic E-state index is 13.0. The van der Waals surface area contributed by atoms with Crippen molar-refractivity contribution in [3.63, 3.8) is 0 Å². The van der Waals surface area contributed by atoms with Gasteiger partial charge in [0, 0.05) is 7.05 Å². The Balaban J connectivity index is 1.95. The Bertz CT molecular complexity index is 660. The Hall–Kier alpha value is -2.76. The lowest BCUT2D eigenvalue weighted by molar-refractivity contribution is 0.0697. The Morgan fingerprint density at radius 3 is 2.73 bits per heavy atom. The first-order chi connectivity index (χ1) is 10.6. The molecule has 0 saturated carbocycles. The van der Waals surface area contributed by atoms with Crippen LogP contribution in [0.2, 0.25) is 0 Å². The number of carbonyl (C=O) groups is 1. The Kier molecular flexibility index (Phi) is 5.19. The third kappa shape index (κ3) is 4.37. The standard InChI is InChI=1S/C16H16FN3O2/c1-20(15-9-6-13(7-10-15)16(21)22)19-18-11-12-3-2-4-14(17)8-5-12/h2,4-10H,3,11H2,1H3,(H,21,22). The third-order valence-electron chi connectivity index (χ3n) is 3.09. The summed E-state index contributed by atoms with van der Waals surface area (Å²) in [7, 11) is 1.72. The van der Waals surface area contributed by atoms with Crippen LogP contribution in [0.25, 0.3) is 0 Å². The summed E-state index contributed by atoms with van der Waals surface area (Å²) < 4.78 is 13.0. The van der Waals surface area contributed by atoms with Gasteiger partial charge in [0.05, 0.1) is 17.8 Å². The second-order valence-corrected chi connectivity index (χ2v) is 4.75. The fourth-order valence-electron chi connectivity index (χ4n) is 1.85. The summed E-state index contributed by atoms with van der Waals surface area (Å²) in [6, 6.07) is 6.34. The van der Waals surface area contributed by atoms with Crippen molar-refractivity contribution < 1.29 is 14.3 Å². The van der Waals surface area contributed by atoms with Gasteiger partial charge in [0.25, 0.3) is 0 Å². The third-order valence-corrected chi connectivity index (χ3v) is 3.09. The summed E-state index contributed by atoms with van der Waals surface area (Å²) in [6.45, 7) is 0.381. The van der Waals surface area contributed by atoms with Crippen molar-refractivity contribution in [1.82, 2.24) is 0 Å². The monoisotopic (exact) mass is 301 g/mol. The molecule has 1 N–H and O–H groups in total. The molecule has 1 aliphatic rings. The van der Waals surface area contributed by atoms with E-state index in [1.807, 2.05) is 0 Å². The van der Waals surface area contributed by atoms with Crippen LogP contribution >= 0.6 is 0 Å². The molecule has 0 fully saturated rings. The summed E-state index contributed by atoms with van der Waals surface area (Å²) in [5, 5.41) is 18.5. The minimum absolute atomic E-state index is 0.221. The fraction of sp³-hybridized carbons (Fsp3) is 0.188. The van der Waals surface area contributed by atoms with Gasteiger partial charge in [-0.25, -0.2) is 9.18 Å². The molecule has 5 nitrogen and oxygen atoms in total. The summed E-state index contributed by atoms with van der Waals surface area (Å²) in [4.78, 5) is 10.8. The maximum Gasteiger partial charge on any atom is 0.335 e. The molecule has 1 aromatic carbocycles. The first-order valence-electron chi connectivity index (χ1n) is 6.72. The van der Waals surface area contributed by atoms with Gasteiger partial charge in [-0.05, 0) is 48.4 Å². The highest BCUT2D eigenvalue weighted by Gasteiger charge is 2.04. The van der Waals surface area contributed by atoms with Gasteiger partial charge in [0.15, 0.2) is 0 Å². The molecule has 0 spiro atoms. The highest BCUT2D eigenvalue weighted by atomic mass is 19.1. The fourth-order valence-corrected chi connectivity index (χ4v) is 1.85. The van der Waals surface area contributed by atoms with Crippen molar-refractivity contribution in [2.45, 2.75) is 6.42 Å². The molecule has 6 heteroatoms. The van der Waals surface area contributed by atoms with E-state index in [1.165, 1.54) is 24.3 Å². The number of rotatable bonds is 5. The van der Waals surface area contributed by atoms with Gasteiger partial charge in [0.2, 0.25) is 0 Å². The van der Waals surface area contributed by atoms with E-state index in [2.05, 4.69) is 10.3 Å². The summed E-state index contributed by atoms with van der Waals surface area (Å²) in [5.74, 6) is -1.24. The summed E-state index contributed by atoms with van der Waals surface area (Å²) >= 11 is 0. The predicted octanol–water partition coefficient (Wildman–Crippen LogP) is 3.93. The number of halogens is 1. The lowest BCUT2D eigenvalue weighted by atomic mass is 10.2. The molecule has 114 valence electrons. The lowest BCUT2D eigenvalue weighted by Gasteiger charge is -2.11. The van der Waals surface area contributed by atoms with E-state index in [-0.39, 0.29) is 11.4 Å². The first kappa shape index (κ1) is 15.6. The van der Waals surface area contributed by atoms with E-state index in [0.29, 0.717) is 13.0 Å². The van der Waals surface area contributed by atoms with Crippen LogP contribution in [0.5, 0.6) is 0 Å². The molecule has 0 amide bonds. The van der Waals surface area contributed by atoms with Crippen molar-refractivity contribution in [2.24, 2.45) is 10.3 Å². The van der Waals surface area contributed by atoms with E-state index in [0.717, 1.165) is 11.3 Å². The number of allylic oxidation sites excluding steroid dienone is 5. The van der Waals surface area contributed by atoms with Crippen LogP contribution in [0.15, 0.2) is 70.3 Å². The van der Waals surface area contributed by atoms with Gasteiger partial charge in [-0.3, -0.25) is 5.01 Å². The van der Waals surface area contributed by atoms with E-state index in [1.54, 1.807) is 36.3 Å². The van der Waals surface area contributed by atoms with Crippen LogP contribution in [-0.4, -0.2) is 24.7 Å². The predicted molar refractivity (Wildman–Crippen MR) is 82.6 cm³/mol. The number of nitrogens with zero attached hydrogens (tertiary/aromatic N) is 3. The maximum absolute atomic E-state index is 13.0. The molecular weight excluding hydrogens is 285 g/mol. The van der Waals surface area contributed by atoms with Crippen LogP contribution in [-0.2, 0) is 0 Å². The Labute approximate surface area is 127 Å². The number of carboxylic acid groups (broad SMARTS) is 1. The van der Waals surface area contributed by atoms with Crippen LogP contribution in [0.3, 0.4) is 0 Å². The molecule has 2 rings (SSSR count). The summed E-state index contributed by atoms with van der Waals surface area (Å²) in [6.07, 6.45) is 6.92. The first-order valence-corrected chi connectivity index (χ1v) is 6.72. The molecule has 0 radical (unpaired) electrons. The minimum Gasteiger partial charge on any atom is -0.478 e. The lowest BCUT2D eigenvalue weighted by Crippen LogP contribution is -2.08. The summed E-state index contributed by atoms with van der Waals surface area (Å²) in [5.41, 5.74) is 1.91. The van der Waals surface area contributed by atoms with Crippen molar-refractivity contribution in [2.75, 3.05) is 18.6 Å². The number of hydrogen-bond donors (Lipinski definition) is 1. The largest absolute Gasteiger partial charge is 0.478 e. The molecular formula is C16H16FN3O2. The molecule has 0 bridgehead atoms. The number of benzene rings is 1. The highest BCUT2D eigenvalue weighted by molar-refractivity contribution is 5.88. The zero-order valence-electron chi connectivity index (χ0n) is 12.1. The van der Waals surface area contributed by atoms with Crippen LogP contribution in [0, 0.1) is 0 Å². The molecule has 0 heterocycles. The molecule has 0 unspecified atom stereocenters. The minimum atomic E-state index is -0.968. The second-order valence-electron chi connectivity index (χ2n) is 4.75. The quantitative estimate of drug-likeness (QED) is 0.662. The Morgan fingerprint density at radius 2 is 2.05 bits per heavy atom. The van der Waals surface area contributed by atoms with Crippen LogP contribution in [0.1, 0.15) is 16.8 Å². The van der Waals surface area contributed by atoms with Gasteiger partial charge >= 0.3 is 5.97 Å². The smallest absolute Gasteiger partial charge is 0.335 e. The molecule has 22 heavy (non-hydrogen) atoms. The average Bonchev–Trinajstić information content (AvgIpc) is 2.72. The topological polar surface area (TPSA) is 65.3 Å². The normalized spacial score (nSPS) is 14.5. The molecule has 1 aromatic rings. The van der Waals surface area contributed by atoms with E-state index in [4.69, 9.17) is 5.11 Å². The number of anilines is 1. The molecule has 0 saturated heterocycles. The van der Waals surface area contributed by atoms with Crippen molar-refractivity contribution in [3.05, 3.63) is 65.5 Å². The van der Waals surface area contributed by atoms with Crippen LogP contribution < -0.4 is 5.01 Å². The van der Waals surface area contributed by atoms with Crippen molar-refractivity contribution in [1.29, 1.82) is 0 Å². The van der Waals surface area contributed by atoms with Gasteiger partial charge in [-0.15, -0.1) is 0 Å². The second kappa shape index (κ2) is 7.31. The van der Waals surface area contributed by atoms with Gasteiger partial charge in [-0.1, -0.05) is 17.4 Å². The van der Waals surface area contributed by atoms with Crippen molar-refractivity contribution >= 4 is 11.7 Å². The van der Waals surface area contributed by atoms with Crippen LogP contribution in [0.4, 0.5) is 10.1 Å². The Morgan fingerprint density at radius 1 is 1.32 bits per heavy atom. The van der Waals surface area contributed by atoms with Crippen molar-refractivity contribution in [3.8, 4) is 0 Å². The number of aromatic carboxylic acids is 1. The molecule has 0 aromatic heterocycles. The van der Waals surface area contributed by atoms with Gasteiger partial charge in [0.1, 0.15) is 5.83 Å². The average molecular weight is 301 g/mol. The molecule has 0 aliphatic heterocycles. The van der Waals surface area contributed by atoms with Gasteiger partial charge < -0.3 is 5.11 Å². The number of carboxylic acids is 1. The number of hydrogen-bond acceptors (Lipinski definition) is 3. The SMILES string of the molecule is CN(N=NCC1=CC=C(F)C=CC1)c1ccc(C(=O)O)cc1. The van der Waals surface area contributed by atoms with Gasteiger partial charge in [-0.2, -0.15) is 5.11 Å². The highest BCUT2D eigenvalue weighted by Crippen LogP contribution is 2.16. The molecule has 0 atom stereocenters. The van der Waals surface area contributed by atoms with E-state index in [9.17, 15) is 9.18 Å². The zero-order valence-corrected chi connectivity index (χ0v) is 12.1. The molecule has 1 aliphatic carbocycles.